The van der Waals surface area contributed by atoms with Crippen LogP contribution in [0.2, 0.25) is 0 Å². The number of esters is 1. The number of carbonyl (C=O) groups excluding carboxylic acids is 1. The molecule has 1 aromatic carbocycles. The van der Waals surface area contributed by atoms with E-state index >= 15 is 0 Å². The number of fused-ring (bicyclic) bond motifs is 1. The number of carbonyl (C=O) groups is 1. The van der Waals surface area contributed by atoms with Gasteiger partial charge in [-0.05, 0) is 30.9 Å². The van der Waals surface area contributed by atoms with E-state index in [1.165, 1.54) is 0 Å². The van der Waals surface area contributed by atoms with Crippen molar-refractivity contribution in [3.05, 3.63) is 36.0 Å². The van der Waals surface area contributed by atoms with Crippen molar-refractivity contribution in [2.24, 2.45) is 5.92 Å². The van der Waals surface area contributed by atoms with Crippen LogP contribution in [0.3, 0.4) is 0 Å². The van der Waals surface area contributed by atoms with Crippen LogP contribution in [0, 0.1) is 5.92 Å². The topological polar surface area (TPSA) is 65.2 Å². The molecule has 0 aliphatic heterocycles. The highest BCUT2D eigenvalue weighted by atomic mass is 16.5. The van der Waals surface area contributed by atoms with Crippen molar-refractivity contribution in [3.8, 4) is 0 Å². The Balaban J connectivity index is 1.88. The normalized spacial score (nSPS) is 14.7. The summed E-state index contributed by atoms with van der Waals surface area (Å²) in [5, 5.41) is 0.858. The third-order valence-electron chi connectivity index (χ3n) is 3.10. The summed E-state index contributed by atoms with van der Waals surface area (Å²) in [6, 6.07) is 9.07. The molecule has 1 aliphatic carbocycles. The van der Waals surface area contributed by atoms with Gasteiger partial charge in [0.2, 0.25) is 0 Å². The van der Waals surface area contributed by atoms with Crippen LogP contribution in [0.5, 0.6) is 0 Å². The zero-order valence-electron chi connectivity index (χ0n) is 9.93. The van der Waals surface area contributed by atoms with Crippen LogP contribution in [-0.2, 0) is 4.74 Å². The number of pyridine rings is 1. The van der Waals surface area contributed by atoms with E-state index < -0.39 is 0 Å². The second-order valence-corrected chi connectivity index (χ2v) is 4.66. The molecule has 0 unspecified atom stereocenters. The van der Waals surface area contributed by atoms with Crippen molar-refractivity contribution >= 4 is 22.6 Å². The number of anilines is 1. The van der Waals surface area contributed by atoms with Gasteiger partial charge < -0.3 is 10.5 Å². The van der Waals surface area contributed by atoms with Gasteiger partial charge in [-0.25, -0.2) is 9.78 Å². The number of rotatable bonds is 3. The summed E-state index contributed by atoms with van der Waals surface area (Å²) in [6.45, 7) is 0.493. The first kappa shape index (κ1) is 11.0. The lowest BCUT2D eigenvalue weighted by atomic mass is 10.1. The highest BCUT2D eigenvalue weighted by Gasteiger charge is 2.23. The van der Waals surface area contributed by atoms with E-state index in [4.69, 9.17) is 10.5 Å². The van der Waals surface area contributed by atoms with Crippen LogP contribution in [0.15, 0.2) is 30.3 Å². The average Bonchev–Trinajstić information content (AvgIpc) is 3.20. The Bertz CT molecular complexity index is 606. The van der Waals surface area contributed by atoms with Gasteiger partial charge in [0.1, 0.15) is 0 Å². The van der Waals surface area contributed by atoms with Gasteiger partial charge >= 0.3 is 5.97 Å². The number of aromatic nitrogens is 1. The van der Waals surface area contributed by atoms with Crippen LogP contribution in [0.25, 0.3) is 10.9 Å². The zero-order chi connectivity index (χ0) is 12.5. The molecule has 3 rings (SSSR count). The molecule has 18 heavy (non-hydrogen) atoms. The molecule has 0 atom stereocenters. The minimum atomic E-state index is -0.389. The molecule has 0 radical (unpaired) electrons. The lowest BCUT2D eigenvalue weighted by Gasteiger charge is -2.06. The second kappa shape index (κ2) is 4.29. The quantitative estimate of drug-likeness (QED) is 0.839. The molecule has 1 fully saturated rings. The minimum absolute atomic E-state index is 0.284. The molecular weight excluding hydrogens is 228 g/mol. The van der Waals surface area contributed by atoms with Crippen molar-refractivity contribution in [2.75, 3.05) is 12.3 Å². The summed E-state index contributed by atoms with van der Waals surface area (Å²) in [6.07, 6.45) is 2.31. The summed E-state index contributed by atoms with van der Waals surface area (Å²) in [5.74, 6) is 0.158. The molecule has 2 N–H and O–H groups in total. The fraction of sp³-hybridized carbons (Fsp3) is 0.286. The van der Waals surface area contributed by atoms with E-state index in [1.54, 1.807) is 6.07 Å². The predicted molar refractivity (Wildman–Crippen MR) is 69.2 cm³/mol. The molecule has 92 valence electrons. The molecule has 2 aromatic rings. The average molecular weight is 242 g/mol. The number of nitrogen functional groups attached to an aromatic ring is 1. The van der Waals surface area contributed by atoms with Gasteiger partial charge in [0.25, 0.3) is 0 Å². The van der Waals surface area contributed by atoms with Gasteiger partial charge in [-0.1, -0.05) is 18.2 Å². The SMILES string of the molecule is Nc1cc(C(=O)OCC2CC2)nc2ccccc12. The van der Waals surface area contributed by atoms with E-state index in [2.05, 4.69) is 4.98 Å². The van der Waals surface area contributed by atoms with Crippen LogP contribution >= 0.6 is 0 Å². The van der Waals surface area contributed by atoms with E-state index in [9.17, 15) is 4.79 Å². The van der Waals surface area contributed by atoms with Crippen molar-refractivity contribution in [2.45, 2.75) is 12.8 Å². The molecule has 4 heteroatoms. The fourth-order valence-electron chi connectivity index (χ4n) is 1.86. The van der Waals surface area contributed by atoms with Crippen LogP contribution in [0.1, 0.15) is 23.3 Å². The standard InChI is InChI=1S/C14H14N2O2/c15-11-7-13(14(17)18-8-9-5-6-9)16-12-4-2-1-3-10(11)12/h1-4,7,9H,5-6,8H2,(H2,15,16). The van der Waals surface area contributed by atoms with Gasteiger partial charge in [-0.2, -0.15) is 0 Å². The third-order valence-corrected chi connectivity index (χ3v) is 3.10. The number of benzene rings is 1. The summed E-state index contributed by atoms with van der Waals surface area (Å²) < 4.78 is 5.20. The maximum atomic E-state index is 11.8. The Labute approximate surface area is 105 Å². The van der Waals surface area contributed by atoms with Gasteiger partial charge in [0, 0.05) is 11.1 Å². The number of nitrogens with two attached hydrogens (primary N) is 1. The Morgan fingerprint density at radius 1 is 1.39 bits per heavy atom. The Kier molecular flexibility index (Phi) is 2.63. The fourth-order valence-corrected chi connectivity index (χ4v) is 1.86. The Morgan fingerprint density at radius 3 is 2.94 bits per heavy atom. The highest BCUT2D eigenvalue weighted by Crippen LogP contribution is 2.29. The lowest BCUT2D eigenvalue weighted by molar-refractivity contribution is 0.0480. The second-order valence-electron chi connectivity index (χ2n) is 4.66. The van der Waals surface area contributed by atoms with Gasteiger partial charge in [-0.15, -0.1) is 0 Å². The Hall–Kier alpha value is -2.10. The Morgan fingerprint density at radius 2 is 2.17 bits per heavy atom. The number of hydrogen-bond donors (Lipinski definition) is 1. The number of nitrogens with zero attached hydrogens (tertiary/aromatic N) is 1. The molecule has 0 bridgehead atoms. The monoisotopic (exact) mass is 242 g/mol. The molecule has 4 nitrogen and oxygen atoms in total. The molecule has 1 saturated carbocycles. The van der Waals surface area contributed by atoms with Crippen molar-refractivity contribution < 1.29 is 9.53 Å². The summed E-state index contributed by atoms with van der Waals surface area (Å²) in [7, 11) is 0. The molecule has 0 saturated heterocycles. The molecular formula is C14H14N2O2. The minimum Gasteiger partial charge on any atom is -0.461 e. The number of para-hydroxylation sites is 1. The molecule has 0 amide bonds. The van der Waals surface area contributed by atoms with Gasteiger partial charge in [0.15, 0.2) is 5.69 Å². The number of ether oxygens (including phenoxy) is 1. The lowest BCUT2D eigenvalue weighted by Crippen LogP contribution is -2.10. The smallest absolute Gasteiger partial charge is 0.357 e. The highest BCUT2D eigenvalue weighted by molar-refractivity contribution is 5.96. The summed E-state index contributed by atoms with van der Waals surface area (Å²) in [4.78, 5) is 16.1. The van der Waals surface area contributed by atoms with Crippen LogP contribution in [0.4, 0.5) is 5.69 Å². The van der Waals surface area contributed by atoms with Crippen molar-refractivity contribution in [1.29, 1.82) is 0 Å². The van der Waals surface area contributed by atoms with Gasteiger partial charge in [-0.3, -0.25) is 0 Å². The first-order chi connectivity index (χ1) is 8.74. The molecule has 1 aliphatic rings. The summed E-state index contributed by atoms with van der Waals surface area (Å²) in [5.41, 5.74) is 7.47. The van der Waals surface area contributed by atoms with Crippen LogP contribution < -0.4 is 5.73 Å². The largest absolute Gasteiger partial charge is 0.461 e. The predicted octanol–water partition coefficient (Wildman–Crippen LogP) is 2.38. The first-order valence-corrected chi connectivity index (χ1v) is 6.06. The van der Waals surface area contributed by atoms with Crippen molar-refractivity contribution in [3.63, 3.8) is 0 Å². The maximum absolute atomic E-state index is 11.8. The first-order valence-electron chi connectivity index (χ1n) is 6.06. The van der Waals surface area contributed by atoms with E-state index in [1.807, 2.05) is 24.3 Å². The van der Waals surface area contributed by atoms with Crippen molar-refractivity contribution in [1.82, 2.24) is 4.98 Å². The zero-order valence-corrected chi connectivity index (χ0v) is 9.93. The molecule has 1 aromatic heterocycles. The van der Waals surface area contributed by atoms with Crippen LogP contribution in [-0.4, -0.2) is 17.6 Å². The molecule has 1 heterocycles. The third kappa shape index (κ3) is 2.14. The van der Waals surface area contributed by atoms with E-state index in [-0.39, 0.29) is 11.7 Å². The maximum Gasteiger partial charge on any atom is 0.357 e. The summed E-state index contributed by atoms with van der Waals surface area (Å²) >= 11 is 0. The van der Waals surface area contributed by atoms with E-state index in [0.29, 0.717) is 18.2 Å². The molecule has 0 spiro atoms. The number of hydrogen-bond acceptors (Lipinski definition) is 4. The van der Waals surface area contributed by atoms with E-state index in [0.717, 1.165) is 23.7 Å². The van der Waals surface area contributed by atoms with Gasteiger partial charge in [0.05, 0.1) is 12.1 Å².